The number of ether oxygens (including phenoxy) is 1. The third kappa shape index (κ3) is 2.81. The molecule has 136 valence electrons. The van der Waals surface area contributed by atoms with E-state index in [1.54, 1.807) is 46.9 Å². The monoisotopic (exact) mass is 382 g/mol. The maximum absolute atomic E-state index is 13.2. The summed E-state index contributed by atoms with van der Waals surface area (Å²) in [6, 6.07) is 14.2. The first kappa shape index (κ1) is 17.1. The quantitative estimate of drug-likeness (QED) is 0.528. The van der Waals surface area contributed by atoms with Gasteiger partial charge in [0.2, 0.25) is 5.78 Å². The van der Waals surface area contributed by atoms with Crippen molar-refractivity contribution in [2.75, 3.05) is 12.9 Å². The second kappa shape index (κ2) is 6.76. The molecule has 0 unspecified atom stereocenters. The van der Waals surface area contributed by atoms with Gasteiger partial charge >= 0.3 is 5.97 Å². The van der Waals surface area contributed by atoms with E-state index in [0.717, 1.165) is 11.8 Å². The molecule has 8 nitrogen and oxygen atoms in total. The van der Waals surface area contributed by atoms with Gasteiger partial charge in [0.1, 0.15) is 5.75 Å². The van der Waals surface area contributed by atoms with Crippen molar-refractivity contribution in [2.45, 2.75) is 5.16 Å². The molecule has 0 radical (unpaired) electrons. The summed E-state index contributed by atoms with van der Waals surface area (Å²) in [4.78, 5) is 24.2. The molecule has 27 heavy (non-hydrogen) atoms. The van der Waals surface area contributed by atoms with Crippen molar-refractivity contribution in [3.8, 4) is 11.4 Å². The standard InChI is InChI=1S/C18H14N4O4S/c1-26-14-9-5-4-8-13(14)21-16(25)11-6-2-3-7-12(11)22-17(21)19-20-18(22)27-10-15(23)24/h2-9H,10H2,1H3,(H,23,24). The Hall–Kier alpha value is -3.33. The molecule has 0 atom stereocenters. The minimum atomic E-state index is -0.959. The van der Waals surface area contributed by atoms with Crippen LogP contribution in [0.3, 0.4) is 0 Å². The van der Waals surface area contributed by atoms with Gasteiger partial charge in [0, 0.05) is 0 Å². The van der Waals surface area contributed by atoms with Crippen LogP contribution in [0, 0.1) is 0 Å². The summed E-state index contributed by atoms with van der Waals surface area (Å²) in [7, 11) is 1.53. The lowest BCUT2D eigenvalue weighted by molar-refractivity contribution is -0.133. The fourth-order valence-electron chi connectivity index (χ4n) is 2.93. The van der Waals surface area contributed by atoms with Crippen molar-refractivity contribution in [1.29, 1.82) is 0 Å². The van der Waals surface area contributed by atoms with Crippen LogP contribution in [0.15, 0.2) is 58.5 Å². The Labute approximate surface area is 157 Å². The minimum absolute atomic E-state index is 0.164. The van der Waals surface area contributed by atoms with Crippen molar-refractivity contribution < 1.29 is 14.6 Å². The van der Waals surface area contributed by atoms with Gasteiger partial charge < -0.3 is 9.84 Å². The Morgan fingerprint density at radius 3 is 2.67 bits per heavy atom. The number of hydrogen-bond donors (Lipinski definition) is 1. The van der Waals surface area contributed by atoms with E-state index in [-0.39, 0.29) is 17.1 Å². The van der Waals surface area contributed by atoms with E-state index < -0.39 is 5.97 Å². The Kier molecular flexibility index (Phi) is 4.28. The third-order valence-electron chi connectivity index (χ3n) is 4.05. The number of hydrogen-bond acceptors (Lipinski definition) is 6. The lowest BCUT2D eigenvalue weighted by Crippen LogP contribution is -2.22. The van der Waals surface area contributed by atoms with Gasteiger partial charge in [0.05, 0.1) is 29.5 Å². The maximum Gasteiger partial charge on any atom is 0.313 e. The number of aliphatic carboxylic acids is 1. The van der Waals surface area contributed by atoms with Crippen molar-refractivity contribution in [1.82, 2.24) is 19.2 Å². The number of carbonyl (C=O) groups is 1. The van der Waals surface area contributed by atoms with Crippen LogP contribution in [0.1, 0.15) is 0 Å². The number of methoxy groups -OCH3 is 1. The summed E-state index contributed by atoms with van der Waals surface area (Å²) in [5.41, 5.74) is 0.884. The van der Waals surface area contributed by atoms with E-state index in [9.17, 15) is 9.59 Å². The van der Waals surface area contributed by atoms with Crippen LogP contribution in [-0.4, -0.2) is 43.1 Å². The second-order valence-electron chi connectivity index (χ2n) is 5.63. The maximum atomic E-state index is 13.2. The molecule has 1 N–H and O–H groups in total. The van der Waals surface area contributed by atoms with E-state index in [2.05, 4.69) is 10.2 Å². The van der Waals surface area contributed by atoms with E-state index in [1.165, 1.54) is 11.7 Å². The summed E-state index contributed by atoms with van der Waals surface area (Å²) in [5, 5.41) is 18.1. The predicted octanol–water partition coefficient (Wildman–Crippen LogP) is 2.22. The molecule has 4 aromatic rings. The number of fused-ring (bicyclic) bond motifs is 3. The number of carboxylic acids is 1. The molecule has 0 fully saturated rings. The average molecular weight is 382 g/mol. The highest BCUT2D eigenvalue weighted by atomic mass is 32.2. The van der Waals surface area contributed by atoms with Crippen molar-refractivity contribution in [3.63, 3.8) is 0 Å². The lowest BCUT2D eigenvalue weighted by Gasteiger charge is -2.13. The zero-order valence-electron chi connectivity index (χ0n) is 14.2. The summed E-state index contributed by atoms with van der Waals surface area (Å²) in [6.07, 6.45) is 0. The zero-order valence-corrected chi connectivity index (χ0v) is 15.0. The van der Waals surface area contributed by atoms with Gasteiger partial charge in [-0.15, -0.1) is 10.2 Å². The Balaban J connectivity index is 2.11. The fraction of sp³-hybridized carbons (Fsp3) is 0.111. The lowest BCUT2D eigenvalue weighted by atomic mass is 10.2. The van der Waals surface area contributed by atoms with E-state index in [1.807, 2.05) is 6.07 Å². The normalized spacial score (nSPS) is 11.1. The highest BCUT2D eigenvalue weighted by Crippen LogP contribution is 2.26. The molecule has 0 spiro atoms. The number of carboxylic acid groups (broad SMARTS) is 1. The van der Waals surface area contributed by atoms with Crippen LogP contribution < -0.4 is 10.3 Å². The molecule has 2 aromatic carbocycles. The highest BCUT2D eigenvalue weighted by molar-refractivity contribution is 7.99. The van der Waals surface area contributed by atoms with Crippen molar-refractivity contribution in [2.24, 2.45) is 0 Å². The van der Waals surface area contributed by atoms with Crippen LogP contribution in [-0.2, 0) is 4.79 Å². The number of nitrogens with zero attached hydrogens (tertiary/aromatic N) is 4. The topological polar surface area (TPSA) is 98.7 Å². The molecule has 4 rings (SSSR count). The van der Waals surface area contributed by atoms with Crippen LogP contribution >= 0.6 is 11.8 Å². The summed E-state index contributed by atoms with van der Waals surface area (Å²) < 4.78 is 8.52. The first-order valence-corrected chi connectivity index (χ1v) is 8.97. The Bertz CT molecular complexity index is 1230. The smallest absolute Gasteiger partial charge is 0.313 e. The molecule has 0 saturated heterocycles. The molecule has 0 aliphatic carbocycles. The first-order chi connectivity index (χ1) is 13.1. The number of thioether (sulfide) groups is 1. The molecular weight excluding hydrogens is 368 g/mol. The van der Waals surface area contributed by atoms with Gasteiger partial charge in [0.25, 0.3) is 5.56 Å². The number of benzene rings is 2. The minimum Gasteiger partial charge on any atom is -0.495 e. The second-order valence-corrected chi connectivity index (χ2v) is 6.57. The van der Waals surface area contributed by atoms with Gasteiger partial charge in [-0.2, -0.15) is 0 Å². The van der Waals surface area contributed by atoms with Crippen LogP contribution in [0.2, 0.25) is 0 Å². The van der Waals surface area contributed by atoms with Gasteiger partial charge in [-0.3, -0.25) is 14.0 Å². The van der Waals surface area contributed by atoms with Crippen LogP contribution in [0.5, 0.6) is 5.75 Å². The summed E-state index contributed by atoms with van der Waals surface area (Å²) in [5.74, 6) is -0.321. The predicted molar refractivity (Wildman–Crippen MR) is 101 cm³/mol. The van der Waals surface area contributed by atoms with Gasteiger partial charge in [0.15, 0.2) is 5.16 Å². The molecule has 9 heteroatoms. The number of para-hydroxylation sites is 3. The zero-order chi connectivity index (χ0) is 19.0. The molecule has 2 aromatic heterocycles. The van der Waals surface area contributed by atoms with Gasteiger partial charge in [-0.25, -0.2) is 4.57 Å². The number of aromatic nitrogens is 4. The first-order valence-electron chi connectivity index (χ1n) is 7.98. The molecule has 0 saturated carbocycles. The van der Waals surface area contributed by atoms with E-state index in [4.69, 9.17) is 9.84 Å². The molecule has 0 amide bonds. The van der Waals surface area contributed by atoms with Crippen LogP contribution in [0.25, 0.3) is 22.4 Å². The molecule has 0 bridgehead atoms. The van der Waals surface area contributed by atoms with Crippen molar-refractivity contribution >= 4 is 34.4 Å². The average Bonchev–Trinajstić information content (AvgIpc) is 3.11. The molecule has 2 heterocycles. The third-order valence-corrected chi connectivity index (χ3v) is 4.96. The Morgan fingerprint density at radius 1 is 1.15 bits per heavy atom. The van der Waals surface area contributed by atoms with Gasteiger partial charge in [-0.05, 0) is 24.3 Å². The molecule has 0 aliphatic rings. The summed E-state index contributed by atoms with van der Waals surface area (Å²) >= 11 is 1.04. The highest BCUT2D eigenvalue weighted by Gasteiger charge is 2.20. The largest absolute Gasteiger partial charge is 0.495 e. The Morgan fingerprint density at radius 2 is 1.89 bits per heavy atom. The molecular formula is C18H14N4O4S. The fourth-order valence-corrected chi connectivity index (χ4v) is 3.59. The molecule has 0 aliphatic heterocycles. The number of rotatable bonds is 5. The summed E-state index contributed by atoms with van der Waals surface area (Å²) in [6.45, 7) is 0. The van der Waals surface area contributed by atoms with Gasteiger partial charge in [-0.1, -0.05) is 36.0 Å². The van der Waals surface area contributed by atoms with E-state index in [0.29, 0.717) is 27.5 Å². The van der Waals surface area contributed by atoms with Crippen molar-refractivity contribution in [3.05, 3.63) is 58.9 Å². The van der Waals surface area contributed by atoms with Crippen LogP contribution in [0.4, 0.5) is 0 Å². The SMILES string of the molecule is COc1ccccc1-n1c(=O)c2ccccc2n2c(SCC(=O)O)nnc12. The van der Waals surface area contributed by atoms with E-state index >= 15 is 0 Å².